The number of fused-ring (bicyclic) bond motifs is 3. The molecule has 0 aliphatic carbocycles. The molecule has 0 aliphatic rings. The highest BCUT2D eigenvalue weighted by molar-refractivity contribution is 6.10. The molecule has 11 aromatic carbocycles. The Balaban J connectivity index is 0.754. The number of aromatic nitrogens is 1. The molecule has 320 valence electrons. The van der Waals surface area contributed by atoms with Gasteiger partial charge in [-0.1, -0.05) is 212 Å². The van der Waals surface area contributed by atoms with E-state index in [9.17, 15) is 0 Å². The number of hydrogen-bond donors (Lipinski definition) is 0. The van der Waals surface area contributed by atoms with Gasteiger partial charge in [0.2, 0.25) is 0 Å². The Morgan fingerprint density at radius 3 is 1.03 bits per heavy atom. The quantitative estimate of drug-likeness (QED) is 0.133. The molecule has 68 heavy (non-hydrogen) atoms. The summed E-state index contributed by atoms with van der Waals surface area (Å²) in [4.78, 5) is 2.31. The maximum atomic E-state index is 2.40. The molecule has 0 fully saturated rings. The summed E-state index contributed by atoms with van der Waals surface area (Å²) in [5, 5.41) is 2.50. The second kappa shape index (κ2) is 17.8. The fraction of sp³-hybridized carbons (Fsp3) is 0. The summed E-state index contributed by atoms with van der Waals surface area (Å²) in [6.07, 6.45) is 0. The molecule has 0 spiro atoms. The first kappa shape index (κ1) is 40.5. The van der Waals surface area contributed by atoms with Crippen LogP contribution >= 0.6 is 0 Å². The summed E-state index contributed by atoms with van der Waals surface area (Å²) in [6.45, 7) is 0. The van der Waals surface area contributed by atoms with E-state index in [4.69, 9.17) is 0 Å². The minimum absolute atomic E-state index is 1.11. The highest BCUT2D eigenvalue weighted by atomic mass is 15.1. The van der Waals surface area contributed by atoms with Crippen LogP contribution in [0.5, 0.6) is 0 Å². The zero-order valence-corrected chi connectivity index (χ0v) is 37.5. The van der Waals surface area contributed by atoms with Crippen molar-refractivity contribution in [1.29, 1.82) is 0 Å². The van der Waals surface area contributed by atoms with Gasteiger partial charge in [-0.05, 0) is 133 Å². The molecule has 0 saturated heterocycles. The van der Waals surface area contributed by atoms with Gasteiger partial charge in [0.05, 0.1) is 11.0 Å². The molecule has 12 rings (SSSR count). The van der Waals surface area contributed by atoms with Gasteiger partial charge in [-0.25, -0.2) is 0 Å². The third-order valence-corrected chi connectivity index (χ3v) is 13.2. The summed E-state index contributed by atoms with van der Waals surface area (Å²) in [5.41, 5.74) is 21.3. The van der Waals surface area contributed by atoms with Gasteiger partial charge >= 0.3 is 0 Å². The van der Waals surface area contributed by atoms with Crippen molar-refractivity contribution in [2.75, 3.05) is 4.90 Å². The van der Waals surface area contributed by atoms with Crippen LogP contribution in [0.2, 0.25) is 0 Å². The third-order valence-electron chi connectivity index (χ3n) is 13.2. The Labute approximate surface area is 397 Å². The van der Waals surface area contributed by atoms with Crippen molar-refractivity contribution in [2.24, 2.45) is 0 Å². The van der Waals surface area contributed by atoms with Gasteiger partial charge in [0.1, 0.15) is 0 Å². The molecular formula is C66H46N2. The fourth-order valence-corrected chi connectivity index (χ4v) is 9.71. The topological polar surface area (TPSA) is 8.17 Å². The molecule has 0 atom stereocenters. The molecule has 0 radical (unpaired) electrons. The van der Waals surface area contributed by atoms with Crippen molar-refractivity contribution in [2.45, 2.75) is 0 Å². The van der Waals surface area contributed by atoms with E-state index in [2.05, 4.69) is 289 Å². The van der Waals surface area contributed by atoms with Crippen LogP contribution in [-0.2, 0) is 0 Å². The third kappa shape index (κ3) is 7.85. The van der Waals surface area contributed by atoms with Crippen LogP contribution in [0.25, 0.3) is 94.3 Å². The lowest BCUT2D eigenvalue weighted by Crippen LogP contribution is -2.09. The van der Waals surface area contributed by atoms with E-state index in [-0.39, 0.29) is 0 Å². The first-order valence-corrected chi connectivity index (χ1v) is 23.3. The molecule has 12 aromatic rings. The molecular weight excluding hydrogens is 821 g/mol. The molecule has 0 amide bonds. The predicted octanol–water partition coefficient (Wildman–Crippen LogP) is 18.3. The van der Waals surface area contributed by atoms with Crippen LogP contribution in [-0.4, -0.2) is 4.57 Å². The van der Waals surface area contributed by atoms with Crippen LogP contribution in [0.3, 0.4) is 0 Å². The molecule has 0 saturated carbocycles. The average molecular weight is 867 g/mol. The smallest absolute Gasteiger partial charge is 0.0541 e. The fourth-order valence-electron chi connectivity index (χ4n) is 9.71. The second-order valence-electron chi connectivity index (χ2n) is 17.4. The lowest BCUT2D eigenvalue weighted by atomic mass is 9.96. The van der Waals surface area contributed by atoms with E-state index < -0.39 is 0 Å². The molecule has 2 heteroatoms. The summed E-state index contributed by atoms with van der Waals surface area (Å²) in [7, 11) is 0. The van der Waals surface area contributed by atoms with Gasteiger partial charge in [0, 0.05) is 33.5 Å². The van der Waals surface area contributed by atoms with E-state index in [1.54, 1.807) is 0 Å². The van der Waals surface area contributed by atoms with E-state index in [0.717, 1.165) is 22.7 Å². The molecule has 1 heterocycles. The summed E-state index contributed by atoms with van der Waals surface area (Å²) in [6, 6.07) is 101. The van der Waals surface area contributed by atoms with Crippen LogP contribution in [0, 0.1) is 0 Å². The molecule has 0 aliphatic heterocycles. The van der Waals surface area contributed by atoms with E-state index in [0.29, 0.717) is 0 Å². The van der Waals surface area contributed by atoms with Gasteiger partial charge in [-0.2, -0.15) is 0 Å². The van der Waals surface area contributed by atoms with Gasteiger partial charge in [0.25, 0.3) is 0 Å². The van der Waals surface area contributed by atoms with Gasteiger partial charge in [-0.15, -0.1) is 0 Å². The van der Waals surface area contributed by atoms with E-state index >= 15 is 0 Å². The Morgan fingerprint density at radius 2 is 0.529 bits per heavy atom. The van der Waals surface area contributed by atoms with Crippen molar-refractivity contribution < 1.29 is 0 Å². The average Bonchev–Trinajstić information content (AvgIpc) is 3.76. The normalized spacial score (nSPS) is 11.2. The largest absolute Gasteiger partial charge is 0.311 e. The van der Waals surface area contributed by atoms with Crippen molar-refractivity contribution in [3.63, 3.8) is 0 Å². The first-order chi connectivity index (χ1) is 33.7. The Bertz CT molecular complexity index is 3650. The number of anilines is 3. The summed E-state index contributed by atoms with van der Waals surface area (Å²) in [5.74, 6) is 0. The van der Waals surface area contributed by atoms with Crippen LogP contribution in [0.4, 0.5) is 17.1 Å². The number of rotatable bonds is 10. The van der Waals surface area contributed by atoms with Crippen molar-refractivity contribution in [3.8, 4) is 72.4 Å². The van der Waals surface area contributed by atoms with E-state index in [1.165, 1.54) is 88.6 Å². The van der Waals surface area contributed by atoms with Crippen molar-refractivity contribution in [3.05, 3.63) is 279 Å². The predicted molar refractivity (Wildman–Crippen MR) is 288 cm³/mol. The molecule has 1 aromatic heterocycles. The minimum Gasteiger partial charge on any atom is -0.311 e. The molecule has 2 nitrogen and oxygen atoms in total. The lowest BCUT2D eigenvalue weighted by Gasteiger charge is -2.26. The van der Waals surface area contributed by atoms with Crippen molar-refractivity contribution in [1.82, 2.24) is 4.57 Å². The highest BCUT2D eigenvalue weighted by Crippen LogP contribution is 2.39. The van der Waals surface area contributed by atoms with Gasteiger partial charge in [0.15, 0.2) is 0 Å². The number of benzene rings is 11. The first-order valence-electron chi connectivity index (χ1n) is 23.3. The number of hydrogen-bond acceptors (Lipinski definition) is 1. The van der Waals surface area contributed by atoms with Gasteiger partial charge < -0.3 is 9.47 Å². The van der Waals surface area contributed by atoms with Crippen LogP contribution in [0.1, 0.15) is 0 Å². The molecule has 0 unspecified atom stereocenters. The molecule has 0 bridgehead atoms. The second-order valence-corrected chi connectivity index (χ2v) is 17.4. The Hall–Kier alpha value is -8.98. The number of para-hydroxylation sites is 2. The van der Waals surface area contributed by atoms with E-state index in [1.807, 2.05) is 0 Å². The zero-order chi connectivity index (χ0) is 45.2. The summed E-state index contributed by atoms with van der Waals surface area (Å²) < 4.78 is 2.40. The maximum absolute atomic E-state index is 2.40. The van der Waals surface area contributed by atoms with Gasteiger partial charge in [-0.3, -0.25) is 0 Å². The Morgan fingerprint density at radius 1 is 0.206 bits per heavy atom. The Kier molecular flexibility index (Phi) is 10.6. The summed E-state index contributed by atoms with van der Waals surface area (Å²) >= 11 is 0. The SMILES string of the molecule is c1ccc(-c2ccc(N(c3ccccc3)c3ccc(-c4ccc(-c5ccc(-c6ccc(-c7ccc8c(c7)c7ccccc7n8-c7cccc(-c8ccccc8)c7)cc6)cc5)cc4)cc3)cc2)cc1. The maximum Gasteiger partial charge on any atom is 0.0541 e. The lowest BCUT2D eigenvalue weighted by molar-refractivity contribution is 1.18. The minimum atomic E-state index is 1.11. The van der Waals surface area contributed by atoms with Crippen molar-refractivity contribution >= 4 is 38.9 Å². The molecule has 0 N–H and O–H groups in total. The monoisotopic (exact) mass is 866 g/mol. The van der Waals surface area contributed by atoms with Crippen LogP contribution in [0.15, 0.2) is 279 Å². The standard InChI is InChI=1S/C66H46N2/c1-4-13-47(14-5-1)54-35-40-60(41-36-54)67(59-18-8-3-9-19-59)61-42-37-55(38-43-61)53-29-27-50(28-30-53)49-23-25-51(26-24-49)52-31-33-56(34-32-52)58-39-44-66-64(46-58)63-21-10-11-22-65(63)68(66)62-20-12-17-57(45-62)48-15-6-2-7-16-48/h1-46H. The highest BCUT2D eigenvalue weighted by Gasteiger charge is 2.16. The van der Waals surface area contributed by atoms with Crippen LogP contribution < -0.4 is 4.90 Å². The number of nitrogens with zero attached hydrogens (tertiary/aromatic N) is 2. The zero-order valence-electron chi connectivity index (χ0n) is 37.5.